The first-order chi connectivity index (χ1) is 6.83. The lowest BCUT2D eigenvalue weighted by atomic mass is 10.3. The fourth-order valence-electron chi connectivity index (χ4n) is 1.27. The molecular weight excluding hydrogens is 246 g/mol. The van der Waals surface area contributed by atoms with Crippen molar-refractivity contribution in [2.45, 2.75) is 12.3 Å². The first kappa shape index (κ1) is 9.52. The van der Waals surface area contributed by atoms with Gasteiger partial charge in [0.05, 0.1) is 11.9 Å². The number of hydrogen-bond acceptors (Lipinski definition) is 3. The van der Waals surface area contributed by atoms with Crippen LogP contribution in [0.15, 0.2) is 22.6 Å². The van der Waals surface area contributed by atoms with E-state index in [4.69, 9.17) is 9.15 Å². The van der Waals surface area contributed by atoms with E-state index in [-0.39, 0.29) is 0 Å². The zero-order chi connectivity index (χ0) is 9.97. The van der Waals surface area contributed by atoms with Crippen LogP contribution in [0.3, 0.4) is 0 Å². The summed E-state index contributed by atoms with van der Waals surface area (Å²) >= 11 is 3.30. The van der Waals surface area contributed by atoms with Gasteiger partial charge in [0.25, 0.3) is 0 Å². The maximum absolute atomic E-state index is 5.47. The van der Waals surface area contributed by atoms with Gasteiger partial charge in [-0.2, -0.15) is 0 Å². The van der Waals surface area contributed by atoms with Crippen molar-refractivity contribution in [1.29, 1.82) is 0 Å². The van der Waals surface area contributed by atoms with Crippen LogP contribution in [0.5, 0.6) is 5.75 Å². The van der Waals surface area contributed by atoms with E-state index in [1.165, 1.54) is 0 Å². The number of rotatable bonds is 3. The van der Waals surface area contributed by atoms with Gasteiger partial charge in [-0.25, -0.2) is 4.98 Å². The lowest BCUT2D eigenvalue weighted by Crippen LogP contribution is -1.90. The monoisotopic (exact) mass is 255 g/mol. The van der Waals surface area contributed by atoms with Gasteiger partial charge in [0.15, 0.2) is 5.58 Å². The van der Waals surface area contributed by atoms with Gasteiger partial charge >= 0.3 is 0 Å². The summed E-state index contributed by atoms with van der Waals surface area (Å²) in [6.07, 6.45) is 0. The first-order valence-electron chi connectivity index (χ1n) is 4.41. The highest BCUT2D eigenvalue weighted by atomic mass is 79.9. The summed E-state index contributed by atoms with van der Waals surface area (Å²) in [5.41, 5.74) is 1.63. The molecule has 0 aliphatic rings. The number of hydrogen-bond donors (Lipinski definition) is 0. The predicted molar refractivity (Wildman–Crippen MR) is 57.8 cm³/mol. The quantitative estimate of drug-likeness (QED) is 0.791. The number of fused-ring (bicyclic) bond motifs is 1. The van der Waals surface area contributed by atoms with E-state index in [2.05, 4.69) is 20.9 Å². The fourth-order valence-corrected chi connectivity index (χ4v) is 1.51. The van der Waals surface area contributed by atoms with Gasteiger partial charge in [0, 0.05) is 6.07 Å². The number of alkyl halides is 1. The van der Waals surface area contributed by atoms with Crippen molar-refractivity contribution >= 4 is 27.0 Å². The first-order valence-corrected chi connectivity index (χ1v) is 5.54. The predicted octanol–water partition coefficient (Wildman–Crippen LogP) is 3.12. The third-order valence-electron chi connectivity index (χ3n) is 1.83. The van der Waals surface area contributed by atoms with Crippen molar-refractivity contribution in [2.24, 2.45) is 0 Å². The Bertz CT molecular complexity index is 439. The van der Waals surface area contributed by atoms with E-state index in [1.54, 1.807) is 0 Å². The highest BCUT2D eigenvalue weighted by Crippen LogP contribution is 2.22. The standard InChI is InChI=1S/C10H10BrNO2/c1-2-13-7-3-4-8-9(5-7)14-10(6-11)12-8/h3-5H,2,6H2,1H3. The van der Waals surface area contributed by atoms with Crippen LogP contribution < -0.4 is 4.74 Å². The topological polar surface area (TPSA) is 35.3 Å². The van der Waals surface area contributed by atoms with Crippen molar-refractivity contribution in [3.05, 3.63) is 24.1 Å². The summed E-state index contributed by atoms with van der Waals surface area (Å²) in [6, 6.07) is 5.65. The summed E-state index contributed by atoms with van der Waals surface area (Å²) in [7, 11) is 0. The molecule has 1 heterocycles. The van der Waals surface area contributed by atoms with Gasteiger partial charge in [-0.05, 0) is 19.1 Å². The van der Waals surface area contributed by atoms with Gasteiger partial charge in [-0.15, -0.1) is 0 Å². The zero-order valence-corrected chi connectivity index (χ0v) is 9.37. The molecule has 0 atom stereocenters. The Hall–Kier alpha value is -1.03. The zero-order valence-electron chi connectivity index (χ0n) is 7.79. The third kappa shape index (κ3) is 1.75. The molecule has 0 bridgehead atoms. The van der Waals surface area contributed by atoms with E-state index in [9.17, 15) is 0 Å². The minimum Gasteiger partial charge on any atom is -0.494 e. The van der Waals surface area contributed by atoms with Crippen molar-refractivity contribution in [2.75, 3.05) is 6.61 Å². The number of nitrogens with zero attached hydrogens (tertiary/aromatic N) is 1. The molecule has 0 saturated heterocycles. The molecule has 0 aliphatic carbocycles. The number of aromatic nitrogens is 1. The van der Waals surface area contributed by atoms with E-state index >= 15 is 0 Å². The normalized spacial score (nSPS) is 10.7. The van der Waals surface area contributed by atoms with Gasteiger partial charge in [-0.1, -0.05) is 15.9 Å². The maximum atomic E-state index is 5.47. The molecule has 1 aromatic carbocycles. The highest BCUT2D eigenvalue weighted by Gasteiger charge is 2.05. The van der Waals surface area contributed by atoms with Crippen LogP contribution in [-0.2, 0) is 5.33 Å². The molecule has 74 valence electrons. The van der Waals surface area contributed by atoms with Crippen LogP contribution in [0, 0.1) is 0 Å². The molecule has 3 nitrogen and oxygen atoms in total. The van der Waals surface area contributed by atoms with Crippen molar-refractivity contribution < 1.29 is 9.15 Å². The second-order valence-corrected chi connectivity index (χ2v) is 3.36. The largest absolute Gasteiger partial charge is 0.494 e. The SMILES string of the molecule is CCOc1ccc2nc(CBr)oc2c1. The van der Waals surface area contributed by atoms with Gasteiger partial charge < -0.3 is 9.15 Å². The minimum atomic E-state index is 0.631. The summed E-state index contributed by atoms with van der Waals surface area (Å²) in [5, 5.41) is 0.631. The molecular formula is C10H10BrNO2. The van der Waals surface area contributed by atoms with Gasteiger partial charge in [-0.3, -0.25) is 0 Å². The molecule has 4 heteroatoms. The lowest BCUT2D eigenvalue weighted by Gasteiger charge is -2.00. The molecule has 0 aliphatic heterocycles. The summed E-state index contributed by atoms with van der Waals surface area (Å²) in [4.78, 5) is 4.26. The summed E-state index contributed by atoms with van der Waals surface area (Å²) < 4.78 is 10.8. The van der Waals surface area contributed by atoms with Crippen molar-refractivity contribution in [3.8, 4) is 5.75 Å². The van der Waals surface area contributed by atoms with Crippen LogP contribution in [0.1, 0.15) is 12.8 Å². The third-order valence-corrected chi connectivity index (χ3v) is 2.31. The van der Waals surface area contributed by atoms with Crippen molar-refractivity contribution in [3.63, 3.8) is 0 Å². The Balaban J connectivity index is 2.43. The summed E-state index contributed by atoms with van der Waals surface area (Å²) in [6.45, 7) is 2.61. The average Bonchev–Trinajstić information content (AvgIpc) is 2.60. The molecule has 0 N–H and O–H groups in total. The molecule has 14 heavy (non-hydrogen) atoms. The Labute approximate surface area is 90.2 Å². The van der Waals surface area contributed by atoms with Crippen LogP contribution >= 0.6 is 15.9 Å². The number of halogens is 1. The molecule has 1 aromatic heterocycles. The van der Waals surface area contributed by atoms with Gasteiger partial charge in [0.2, 0.25) is 5.89 Å². The number of benzene rings is 1. The Morgan fingerprint density at radius 1 is 1.50 bits per heavy atom. The molecule has 2 aromatic rings. The molecule has 0 radical (unpaired) electrons. The van der Waals surface area contributed by atoms with Crippen LogP contribution in [0.2, 0.25) is 0 Å². The van der Waals surface area contributed by atoms with Crippen molar-refractivity contribution in [1.82, 2.24) is 4.98 Å². The lowest BCUT2D eigenvalue weighted by molar-refractivity contribution is 0.340. The van der Waals surface area contributed by atoms with Crippen LogP contribution in [0.25, 0.3) is 11.1 Å². The summed E-state index contributed by atoms with van der Waals surface area (Å²) in [5.74, 6) is 1.51. The maximum Gasteiger partial charge on any atom is 0.206 e. The second-order valence-electron chi connectivity index (χ2n) is 2.80. The Morgan fingerprint density at radius 2 is 2.36 bits per heavy atom. The molecule has 0 unspecified atom stereocenters. The highest BCUT2D eigenvalue weighted by molar-refractivity contribution is 9.08. The van der Waals surface area contributed by atoms with Crippen LogP contribution in [-0.4, -0.2) is 11.6 Å². The fraction of sp³-hybridized carbons (Fsp3) is 0.300. The van der Waals surface area contributed by atoms with E-state index in [0.29, 0.717) is 17.8 Å². The molecule has 2 rings (SSSR count). The minimum absolute atomic E-state index is 0.631. The van der Waals surface area contributed by atoms with E-state index < -0.39 is 0 Å². The van der Waals surface area contributed by atoms with E-state index in [1.807, 2.05) is 25.1 Å². The number of ether oxygens (including phenoxy) is 1. The molecule has 0 amide bonds. The van der Waals surface area contributed by atoms with Crippen LogP contribution in [0.4, 0.5) is 0 Å². The molecule has 0 spiro atoms. The molecule has 0 fully saturated rings. The number of oxazole rings is 1. The Kier molecular flexibility index (Phi) is 2.72. The average molecular weight is 256 g/mol. The Morgan fingerprint density at radius 3 is 3.07 bits per heavy atom. The smallest absolute Gasteiger partial charge is 0.206 e. The van der Waals surface area contributed by atoms with Gasteiger partial charge in [0.1, 0.15) is 11.3 Å². The van der Waals surface area contributed by atoms with E-state index in [0.717, 1.165) is 16.8 Å². The second kappa shape index (κ2) is 4.00. The molecule has 0 saturated carbocycles.